The number of anilines is 1. The molecule has 118 valence electrons. The molecular weight excluding hydrogens is 269 g/mol. The number of likely N-dealkylation sites (N-methyl/N-ethyl adjacent to an activating group) is 1. The van der Waals surface area contributed by atoms with E-state index in [2.05, 4.69) is 24.1 Å². The van der Waals surface area contributed by atoms with E-state index in [1.807, 2.05) is 14.1 Å². The molecule has 5 heteroatoms. The number of nitrogens with zero attached hydrogens (tertiary/aromatic N) is 1. The Balaban J connectivity index is 2.73. The molecule has 0 fully saturated rings. The molecule has 3 N–H and O–H groups in total. The van der Waals surface area contributed by atoms with Crippen LogP contribution in [0.15, 0.2) is 18.2 Å². The van der Waals surface area contributed by atoms with E-state index in [1.165, 1.54) is 18.2 Å². The van der Waals surface area contributed by atoms with Gasteiger partial charge in [-0.15, -0.1) is 0 Å². The predicted molar refractivity (Wildman–Crippen MR) is 84.7 cm³/mol. The fourth-order valence-electron chi connectivity index (χ4n) is 2.61. The topological polar surface area (TPSA) is 58.4 Å². The standard InChI is InChI=1S/C16H26FN3O/c1-5-11(6-2)15(20(3)4)10-19-16(21)13-8-7-12(18)9-14(13)17/h7-9,11,15H,5-6,10,18H2,1-4H3,(H,19,21). The number of nitrogen functional groups attached to an aromatic ring is 1. The number of halogens is 1. The molecule has 1 aromatic carbocycles. The molecule has 1 atom stereocenters. The van der Waals surface area contributed by atoms with Crippen LogP contribution in [0.25, 0.3) is 0 Å². The highest BCUT2D eigenvalue weighted by Crippen LogP contribution is 2.17. The molecule has 0 spiro atoms. The maximum atomic E-state index is 13.7. The SMILES string of the molecule is CCC(CC)C(CNC(=O)c1ccc(N)cc1F)N(C)C. The van der Waals surface area contributed by atoms with Crippen LogP contribution in [0.3, 0.4) is 0 Å². The Morgan fingerprint density at radius 3 is 2.43 bits per heavy atom. The predicted octanol–water partition coefficient (Wildman–Crippen LogP) is 2.50. The maximum absolute atomic E-state index is 13.7. The molecule has 1 amide bonds. The van der Waals surface area contributed by atoms with Crippen molar-refractivity contribution in [2.45, 2.75) is 32.7 Å². The minimum Gasteiger partial charge on any atom is -0.399 e. The van der Waals surface area contributed by atoms with Gasteiger partial charge in [-0.1, -0.05) is 26.7 Å². The zero-order chi connectivity index (χ0) is 16.0. The van der Waals surface area contributed by atoms with E-state index in [9.17, 15) is 9.18 Å². The summed E-state index contributed by atoms with van der Waals surface area (Å²) in [5.74, 6) is -0.488. The quantitative estimate of drug-likeness (QED) is 0.760. The number of carbonyl (C=O) groups excluding carboxylic acids is 1. The number of benzene rings is 1. The van der Waals surface area contributed by atoms with Gasteiger partial charge in [0.1, 0.15) is 5.82 Å². The molecular formula is C16H26FN3O. The first-order valence-corrected chi connectivity index (χ1v) is 7.40. The van der Waals surface area contributed by atoms with Gasteiger partial charge in [-0.25, -0.2) is 4.39 Å². The van der Waals surface area contributed by atoms with Crippen molar-refractivity contribution >= 4 is 11.6 Å². The third-order valence-corrected chi connectivity index (χ3v) is 3.97. The minimum atomic E-state index is -0.587. The van der Waals surface area contributed by atoms with Crippen LogP contribution in [0.5, 0.6) is 0 Å². The van der Waals surface area contributed by atoms with Crippen LogP contribution in [-0.2, 0) is 0 Å². The fourth-order valence-corrected chi connectivity index (χ4v) is 2.61. The van der Waals surface area contributed by atoms with Gasteiger partial charge in [0, 0.05) is 18.3 Å². The van der Waals surface area contributed by atoms with Crippen LogP contribution >= 0.6 is 0 Å². The van der Waals surface area contributed by atoms with Gasteiger partial charge in [-0.3, -0.25) is 4.79 Å². The Labute approximate surface area is 126 Å². The highest BCUT2D eigenvalue weighted by Gasteiger charge is 2.22. The summed E-state index contributed by atoms with van der Waals surface area (Å²) in [6, 6.07) is 4.35. The lowest BCUT2D eigenvalue weighted by Gasteiger charge is -2.31. The van der Waals surface area contributed by atoms with Crippen LogP contribution < -0.4 is 11.1 Å². The Kier molecular flexibility index (Phi) is 6.62. The van der Waals surface area contributed by atoms with Gasteiger partial charge in [0.25, 0.3) is 5.91 Å². The zero-order valence-corrected chi connectivity index (χ0v) is 13.3. The number of rotatable bonds is 7. The van der Waals surface area contributed by atoms with E-state index in [4.69, 9.17) is 5.73 Å². The van der Waals surface area contributed by atoms with E-state index < -0.39 is 11.7 Å². The second-order valence-corrected chi connectivity index (χ2v) is 5.56. The first-order valence-electron chi connectivity index (χ1n) is 7.40. The number of nitrogens with one attached hydrogen (secondary N) is 1. The Morgan fingerprint density at radius 1 is 1.33 bits per heavy atom. The summed E-state index contributed by atoms with van der Waals surface area (Å²) >= 11 is 0. The molecule has 21 heavy (non-hydrogen) atoms. The number of nitrogens with two attached hydrogens (primary N) is 1. The number of hydrogen-bond acceptors (Lipinski definition) is 3. The highest BCUT2D eigenvalue weighted by molar-refractivity contribution is 5.94. The highest BCUT2D eigenvalue weighted by atomic mass is 19.1. The summed E-state index contributed by atoms with van der Waals surface area (Å²) in [6.07, 6.45) is 2.09. The smallest absolute Gasteiger partial charge is 0.254 e. The molecule has 0 saturated carbocycles. The molecule has 0 aliphatic carbocycles. The summed E-state index contributed by atoms with van der Waals surface area (Å²) in [6.45, 7) is 4.79. The summed E-state index contributed by atoms with van der Waals surface area (Å²) in [7, 11) is 4.00. The summed E-state index contributed by atoms with van der Waals surface area (Å²) in [5, 5.41) is 2.83. The van der Waals surface area contributed by atoms with Crippen molar-refractivity contribution in [3.63, 3.8) is 0 Å². The lowest BCUT2D eigenvalue weighted by Crippen LogP contribution is -2.44. The number of hydrogen-bond donors (Lipinski definition) is 2. The minimum absolute atomic E-state index is 0.0336. The molecule has 0 aromatic heterocycles. The molecule has 0 heterocycles. The normalized spacial score (nSPS) is 12.7. The summed E-state index contributed by atoms with van der Waals surface area (Å²) < 4.78 is 13.7. The van der Waals surface area contributed by atoms with E-state index in [-0.39, 0.29) is 11.6 Å². The first kappa shape index (κ1) is 17.4. The zero-order valence-electron chi connectivity index (χ0n) is 13.3. The number of carbonyl (C=O) groups is 1. The third-order valence-electron chi connectivity index (χ3n) is 3.97. The van der Waals surface area contributed by atoms with Crippen molar-refractivity contribution in [2.24, 2.45) is 5.92 Å². The van der Waals surface area contributed by atoms with Gasteiger partial charge in [0.05, 0.1) is 5.56 Å². The number of amides is 1. The van der Waals surface area contributed by atoms with Crippen molar-refractivity contribution in [3.05, 3.63) is 29.6 Å². The van der Waals surface area contributed by atoms with E-state index in [0.29, 0.717) is 18.2 Å². The summed E-state index contributed by atoms with van der Waals surface area (Å²) in [4.78, 5) is 14.2. The van der Waals surface area contributed by atoms with E-state index >= 15 is 0 Å². The molecule has 0 bridgehead atoms. The molecule has 0 radical (unpaired) electrons. The van der Waals surface area contributed by atoms with Crippen molar-refractivity contribution in [2.75, 3.05) is 26.4 Å². The second kappa shape index (κ2) is 7.98. The van der Waals surface area contributed by atoms with Gasteiger partial charge in [-0.05, 0) is 38.2 Å². The maximum Gasteiger partial charge on any atom is 0.254 e. The summed E-state index contributed by atoms with van der Waals surface area (Å²) in [5.41, 5.74) is 5.83. The van der Waals surface area contributed by atoms with Crippen LogP contribution in [0.4, 0.5) is 10.1 Å². The van der Waals surface area contributed by atoms with Crippen LogP contribution in [0, 0.1) is 11.7 Å². The van der Waals surface area contributed by atoms with Crippen LogP contribution in [0.2, 0.25) is 0 Å². The van der Waals surface area contributed by atoms with E-state index in [0.717, 1.165) is 12.8 Å². The average Bonchev–Trinajstić information content (AvgIpc) is 2.42. The fraction of sp³-hybridized carbons (Fsp3) is 0.562. The van der Waals surface area contributed by atoms with Gasteiger partial charge >= 0.3 is 0 Å². The monoisotopic (exact) mass is 295 g/mol. The van der Waals surface area contributed by atoms with Gasteiger partial charge in [-0.2, -0.15) is 0 Å². The Bertz CT molecular complexity index is 473. The van der Waals surface area contributed by atoms with Crippen molar-refractivity contribution in [1.82, 2.24) is 10.2 Å². The molecule has 0 aliphatic heterocycles. The lowest BCUT2D eigenvalue weighted by molar-refractivity contribution is 0.0925. The largest absolute Gasteiger partial charge is 0.399 e. The molecule has 0 saturated heterocycles. The first-order chi connectivity index (χ1) is 9.90. The van der Waals surface area contributed by atoms with Gasteiger partial charge < -0.3 is 16.0 Å². The van der Waals surface area contributed by atoms with Crippen LogP contribution in [-0.4, -0.2) is 37.5 Å². The van der Waals surface area contributed by atoms with Crippen molar-refractivity contribution in [3.8, 4) is 0 Å². The lowest BCUT2D eigenvalue weighted by atomic mass is 9.93. The van der Waals surface area contributed by atoms with Gasteiger partial charge in [0.15, 0.2) is 0 Å². The third kappa shape index (κ3) is 4.70. The van der Waals surface area contributed by atoms with Crippen molar-refractivity contribution in [1.29, 1.82) is 0 Å². The van der Waals surface area contributed by atoms with Crippen molar-refractivity contribution < 1.29 is 9.18 Å². The van der Waals surface area contributed by atoms with E-state index in [1.54, 1.807) is 0 Å². The Hall–Kier alpha value is -1.62. The molecule has 4 nitrogen and oxygen atoms in total. The molecule has 1 rings (SSSR count). The molecule has 1 unspecified atom stereocenters. The second-order valence-electron chi connectivity index (χ2n) is 5.56. The average molecular weight is 295 g/mol. The van der Waals surface area contributed by atoms with Gasteiger partial charge in [0.2, 0.25) is 0 Å². The Morgan fingerprint density at radius 2 is 1.95 bits per heavy atom. The molecule has 0 aliphatic rings. The van der Waals surface area contributed by atoms with Crippen LogP contribution in [0.1, 0.15) is 37.0 Å². The molecule has 1 aromatic rings.